The molecule has 2 saturated heterocycles. The van der Waals surface area contributed by atoms with E-state index < -0.39 is 0 Å². The van der Waals surface area contributed by atoms with E-state index in [0.29, 0.717) is 22.5 Å². The highest BCUT2D eigenvalue weighted by molar-refractivity contribution is 6.32. The average molecular weight is 430 g/mol. The lowest BCUT2D eigenvalue weighted by Crippen LogP contribution is -2.45. The van der Waals surface area contributed by atoms with Crippen molar-refractivity contribution in [2.24, 2.45) is 0 Å². The van der Waals surface area contributed by atoms with Crippen molar-refractivity contribution < 1.29 is 14.3 Å². The molecule has 0 unspecified atom stereocenters. The van der Waals surface area contributed by atoms with Crippen molar-refractivity contribution >= 4 is 23.2 Å². The fourth-order valence-electron chi connectivity index (χ4n) is 4.36. The molecular formula is C23H28ClN3O3. The number of carbonyl (C=O) groups is 1. The highest BCUT2D eigenvalue weighted by atomic mass is 35.5. The number of hydrogen-bond acceptors (Lipinski definition) is 5. The summed E-state index contributed by atoms with van der Waals surface area (Å²) in [5, 5.41) is 3.52. The van der Waals surface area contributed by atoms with Crippen LogP contribution in [0.1, 0.15) is 18.0 Å². The minimum atomic E-state index is -0.349. The highest BCUT2D eigenvalue weighted by Crippen LogP contribution is 2.31. The van der Waals surface area contributed by atoms with Crippen LogP contribution in [-0.4, -0.2) is 68.3 Å². The second kappa shape index (κ2) is 9.79. The van der Waals surface area contributed by atoms with Gasteiger partial charge in [-0.3, -0.25) is 14.6 Å². The molecule has 0 aliphatic carbocycles. The van der Waals surface area contributed by atoms with E-state index in [9.17, 15) is 4.79 Å². The SMILES string of the molecule is COc1ccc(NC(=O)[C@H](c2ccccc2)N2CC[C@H](N3CCOCC3)C2)cc1Cl. The van der Waals surface area contributed by atoms with E-state index >= 15 is 0 Å². The van der Waals surface area contributed by atoms with Gasteiger partial charge in [-0.15, -0.1) is 0 Å². The number of anilines is 1. The molecule has 7 heteroatoms. The summed E-state index contributed by atoms with van der Waals surface area (Å²) in [7, 11) is 1.57. The first-order valence-corrected chi connectivity index (χ1v) is 10.8. The lowest BCUT2D eigenvalue weighted by atomic mass is 10.0. The van der Waals surface area contributed by atoms with Gasteiger partial charge in [0.25, 0.3) is 0 Å². The number of nitrogens with zero attached hydrogens (tertiary/aromatic N) is 2. The highest BCUT2D eigenvalue weighted by Gasteiger charge is 2.36. The van der Waals surface area contributed by atoms with Gasteiger partial charge in [-0.05, 0) is 30.2 Å². The van der Waals surface area contributed by atoms with Gasteiger partial charge in [-0.1, -0.05) is 41.9 Å². The number of morpholine rings is 1. The van der Waals surface area contributed by atoms with Crippen LogP contribution >= 0.6 is 11.6 Å². The molecule has 4 rings (SSSR count). The monoisotopic (exact) mass is 429 g/mol. The predicted octanol–water partition coefficient (Wildman–Crippen LogP) is 3.43. The maximum atomic E-state index is 13.4. The van der Waals surface area contributed by atoms with Crippen molar-refractivity contribution in [3.8, 4) is 5.75 Å². The average Bonchev–Trinajstić information content (AvgIpc) is 3.25. The van der Waals surface area contributed by atoms with E-state index in [1.807, 2.05) is 36.4 Å². The smallest absolute Gasteiger partial charge is 0.246 e. The summed E-state index contributed by atoms with van der Waals surface area (Å²) >= 11 is 6.24. The zero-order valence-electron chi connectivity index (χ0n) is 17.2. The van der Waals surface area contributed by atoms with Crippen LogP contribution in [-0.2, 0) is 9.53 Å². The quantitative estimate of drug-likeness (QED) is 0.762. The van der Waals surface area contributed by atoms with E-state index in [0.717, 1.165) is 51.4 Å². The molecule has 30 heavy (non-hydrogen) atoms. The first kappa shape index (κ1) is 21.1. The molecule has 0 spiro atoms. The Morgan fingerprint density at radius 2 is 1.93 bits per heavy atom. The van der Waals surface area contributed by atoms with Gasteiger partial charge in [0.1, 0.15) is 11.8 Å². The summed E-state index contributed by atoms with van der Waals surface area (Å²) in [6, 6.07) is 15.4. The maximum absolute atomic E-state index is 13.4. The summed E-state index contributed by atoms with van der Waals surface area (Å²) in [6.45, 7) is 5.26. The van der Waals surface area contributed by atoms with Gasteiger partial charge in [-0.2, -0.15) is 0 Å². The standard InChI is InChI=1S/C23H28ClN3O3/c1-29-21-8-7-18(15-20(21)24)25-23(28)22(17-5-3-2-4-6-17)27-10-9-19(16-27)26-11-13-30-14-12-26/h2-8,15,19,22H,9-14,16H2,1H3,(H,25,28)/t19-,22-/m0/s1. The van der Waals surface area contributed by atoms with Crippen molar-refractivity contribution in [3.63, 3.8) is 0 Å². The van der Waals surface area contributed by atoms with Crippen molar-refractivity contribution in [1.82, 2.24) is 9.80 Å². The molecule has 2 fully saturated rings. The molecule has 6 nitrogen and oxygen atoms in total. The van der Waals surface area contributed by atoms with Crippen molar-refractivity contribution in [2.45, 2.75) is 18.5 Å². The fraction of sp³-hybridized carbons (Fsp3) is 0.435. The van der Waals surface area contributed by atoms with Gasteiger partial charge >= 0.3 is 0 Å². The van der Waals surface area contributed by atoms with Crippen LogP contribution in [0.4, 0.5) is 5.69 Å². The van der Waals surface area contributed by atoms with Crippen molar-refractivity contribution in [2.75, 3.05) is 51.8 Å². The van der Waals surface area contributed by atoms with E-state index in [-0.39, 0.29) is 11.9 Å². The lowest BCUT2D eigenvalue weighted by Gasteiger charge is -2.33. The Hall–Kier alpha value is -2.12. The summed E-state index contributed by atoms with van der Waals surface area (Å²) in [5.41, 5.74) is 1.66. The topological polar surface area (TPSA) is 54.0 Å². The number of amides is 1. The van der Waals surface area contributed by atoms with Crippen molar-refractivity contribution in [3.05, 3.63) is 59.1 Å². The van der Waals surface area contributed by atoms with Gasteiger partial charge in [0.15, 0.2) is 0 Å². The number of rotatable bonds is 6. The molecule has 0 saturated carbocycles. The molecule has 1 N–H and O–H groups in total. The van der Waals surface area contributed by atoms with Crippen LogP contribution in [0.25, 0.3) is 0 Å². The van der Waals surface area contributed by atoms with Crippen molar-refractivity contribution in [1.29, 1.82) is 0 Å². The number of benzene rings is 2. The zero-order valence-corrected chi connectivity index (χ0v) is 18.0. The number of ether oxygens (including phenoxy) is 2. The Bertz CT molecular complexity index is 858. The second-order valence-corrected chi connectivity index (χ2v) is 8.14. The van der Waals surface area contributed by atoms with Gasteiger partial charge in [0.05, 0.1) is 25.3 Å². The molecule has 0 radical (unpaired) electrons. The van der Waals surface area contributed by atoms with Gasteiger partial charge < -0.3 is 14.8 Å². The van der Waals surface area contributed by atoms with Gasteiger partial charge in [0, 0.05) is 37.9 Å². The molecule has 2 aliphatic heterocycles. The Morgan fingerprint density at radius 3 is 2.63 bits per heavy atom. The van der Waals surface area contributed by atoms with E-state index in [2.05, 4.69) is 15.1 Å². The van der Waals surface area contributed by atoms with Crippen LogP contribution in [0.5, 0.6) is 5.75 Å². The number of methoxy groups -OCH3 is 1. The lowest BCUT2D eigenvalue weighted by molar-refractivity contribution is -0.121. The number of hydrogen-bond donors (Lipinski definition) is 1. The first-order valence-electron chi connectivity index (χ1n) is 10.4. The molecule has 2 atom stereocenters. The van der Waals surface area contributed by atoms with Crippen LogP contribution in [0.3, 0.4) is 0 Å². The van der Waals surface area contributed by atoms with Gasteiger partial charge in [-0.25, -0.2) is 0 Å². The second-order valence-electron chi connectivity index (χ2n) is 7.74. The number of nitrogens with one attached hydrogen (secondary N) is 1. The Morgan fingerprint density at radius 1 is 1.17 bits per heavy atom. The maximum Gasteiger partial charge on any atom is 0.246 e. The van der Waals surface area contributed by atoms with Crippen LogP contribution in [0, 0.1) is 0 Å². The molecule has 0 aromatic heterocycles. The molecule has 2 aromatic rings. The van der Waals surface area contributed by atoms with Crippen LogP contribution < -0.4 is 10.1 Å². The van der Waals surface area contributed by atoms with Crippen LogP contribution in [0.15, 0.2) is 48.5 Å². The third-order valence-corrected chi connectivity index (χ3v) is 6.20. The Balaban J connectivity index is 1.51. The minimum absolute atomic E-state index is 0.0509. The first-order chi connectivity index (χ1) is 14.7. The molecule has 2 heterocycles. The molecule has 2 aromatic carbocycles. The number of likely N-dealkylation sites (tertiary alicyclic amines) is 1. The molecule has 2 aliphatic rings. The van der Waals surface area contributed by atoms with Gasteiger partial charge in [0.2, 0.25) is 5.91 Å². The summed E-state index contributed by atoms with van der Waals surface area (Å²) < 4.78 is 10.7. The Labute approximate surface area is 182 Å². The molecule has 160 valence electrons. The van der Waals surface area contributed by atoms with Crippen LogP contribution in [0.2, 0.25) is 5.02 Å². The fourth-order valence-corrected chi connectivity index (χ4v) is 4.62. The third kappa shape index (κ3) is 4.78. The molecule has 1 amide bonds. The third-order valence-electron chi connectivity index (χ3n) is 5.91. The minimum Gasteiger partial charge on any atom is -0.495 e. The largest absolute Gasteiger partial charge is 0.495 e. The number of halogens is 1. The number of carbonyl (C=O) groups excluding carboxylic acids is 1. The van der Waals surface area contributed by atoms with E-state index in [1.54, 1.807) is 19.2 Å². The predicted molar refractivity (Wildman–Crippen MR) is 118 cm³/mol. The summed E-state index contributed by atoms with van der Waals surface area (Å²) in [6.07, 6.45) is 1.06. The molecule has 0 bridgehead atoms. The Kier molecular flexibility index (Phi) is 6.89. The van der Waals surface area contributed by atoms with E-state index in [4.69, 9.17) is 21.1 Å². The summed E-state index contributed by atoms with van der Waals surface area (Å²) in [5.74, 6) is 0.534. The zero-order chi connectivity index (χ0) is 20.9. The summed E-state index contributed by atoms with van der Waals surface area (Å²) in [4.78, 5) is 18.2. The normalized spacial score (nSPS) is 21.3. The van der Waals surface area contributed by atoms with E-state index in [1.165, 1.54) is 0 Å². The molecular weight excluding hydrogens is 402 g/mol.